The van der Waals surface area contributed by atoms with E-state index in [2.05, 4.69) is 0 Å². The Morgan fingerprint density at radius 1 is 1.36 bits per heavy atom. The second-order valence-corrected chi connectivity index (χ2v) is 4.53. The maximum absolute atomic E-state index is 9.70. The summed E-state index contributed by atoms with van der Waals surface area (Å²) >= 11 is 11.6. The van der Waals surface area contributed by atoms with E-state index in [4.69, 9.17) is 28.9 Å². The molecule has 2 rings (SSSR count). The highest BCUT2D eigenvalue weighted by atomic mass is 35.5. The maximum atomic E-state index is 9.70. The molecule has 1 fully saturated rings. The predicted molar refractivity (Wildman–Crippen MR) is 57.8 cm³/mol. The average Bonchev–Trinajstić information content (AvgIpc) is 2.93. The Morgan fingerprint density at radius 2 is 2.00 bits per heavy atom. The summed E-state index contributed by atoms with van der Waals surface area (Å²) in [7, 11) is 0. The van der Waals surface area contributed by atoms with Crippen molar-refractivity contribution in [1.82, 2.24) is 0 Å². The van der Waals surface area contributed by atoms with Gasteiger partial charge in [0.25, 0.3) is 0 Å². The number of hydrogen-bond acceptors (Lipinski definition) is 2. The minimum Gasteiger partial charge on any atom is -0.506 e. The second kappa shape index (κ2) is 3.61. The highest BCUT2D eigenvalue weighted by molar-refractivity contribution is 6.35. The van der Waals surface area contributed by atoms with Crippen molar-refractivity contribution in [1.29, 1.82) is 0 Å². The number of hydrogen-bond donors (Lipinski definition) is 2. The van der Waals surface area contributed by atoms with Crippen molar-refractivity contribution in [3.63, 3.8) is 0 Å². The van der Waals surface area contributed by atoms with E-state index in [1.54, 1.807) is 6.07 Å². The van der Waals surface area contributed by atoms with Crippen LogP contribution in [0.5, 0.6) is 5.75 Å². The molecule has 1 aromatic rings. The van der Waals surface area contributed by atoms with Crippen molar-refractivity contribution in [3.05, 3.63) is 27.7 Å². The number of phenolic OH excluding ortho intramolecular Hbond substituents is 1. The van der Waals surface area contributed by atoms with Gasteiger partial charge in [0.2, 0.25) is 0 Å². The minimum atomic E-state index is -0.147. The molecule has 2 nitrogen and oxygen atoms in total. The maximum Gasteiger partial charge on any atom is 0.139 e. The van der Waals surface area contributed by atoms with Crippen molar-refractivity contribution in [2.75, 3.05) is 0 Å². The van der Waals surface area contributed by atoms with Gasteiger partial charge in [-0.1, -0.05) is 23.2 Å². The highest BCUT2D eigenvalue weighted by Crippen LogP contribution is 2.44. The summed E-state index contributed by atoms with van der Waals surface area (Å²) in [5.74, 6) is 0.533. The summed E-state index contributed by atoms with van der Waals surface area (Å²) in [5.41, 5.74) is 6.62. The topological polar surface area (TPSA) is 46.2 Å². The highest BCUT2D eigenvalue weighted by Gasteiger charge is 2.31. The molecule has 3 N–H and O–H groups in total. The zero-order valence-electron chi connectivity index (χ0n) is 7.50. The molecule has 76 valence electrons. The Hall–Kier alpha value is -0.440. The number of halogens is 2. The summed E-state index contributed by atoms with van der Waals surface area (Å²) in [6.45, 7) is 0. The van der Waals surface area contributed by atoms with Gasteiger partial charge >= 0.3 is 0 Å². The predicted octanol–water partition coefficient (Wildman–Crippen LogP) is 3.11. The quantitative estimate of drug-likeness (QED) is 0.822. The van der Waals surface area contributed by atoms with Crippen LogP contribution >= 0.6 is 23.2 Å². The number of rotatable bonds is 2. The van der Waals surface area contributed by atoms with Crippen LogP contribution in [0.4, 0.5) is 0 Å². The summed E-state index contributed by atoms with van der Waals surface area (Å²) in [5, 5.41) is 10.5. The molecule has 4 heteroatoms. The van der Waals surface area contributed by atoms with E-state index in [9.17, 15) is 5.11 Å². The van der Waals surface area contributed by atoms with Crippen molar-refractivity contribution >= 4 is 23.2 Å². The van der Waals surface area contributed by atoms with Gasteiger partial charge < -0.3 is 10.8 Å². The van der Waals surface area contributed by atoms with Crippen molar-refractivity contribution in [2.45, 2.75) is 18.9 Å². The molecule has 0 spiro atoms. The summed E-state index contributed by atoms with van der Waals surface area (Å²) < 4.78 is 0. The van der Waals surface area contributed by atoms with E-state index >= 15 is 0 Å². The van der Waals surface area contributed by atoms with E-state index in [0.29, 0.717) is 16.5 Å². The van der Waals surface area contributed by atoms with Gasteiger partial charge in [-0.3, -0.25) is 0 Å². The molecule has 14 heavy (non-hydrogen) atoms. The zero-order valence-corrected chi connectivity index (χ0v) is 9.02. The van der Waals surface area contributed by atoms with Gasteiger partial charge in [-0.2, -0.15) is 0 Å². The molecule has 0 aliphatic heterocycles. The number of benzene rings is 1. The first-order valence-corrected chi connectivity index (χ1v) is 5.28. The minimum absolute atomic E-state index is 0.0652. The molecule has 1 atom stereocenters. The molecular weight excluding hydrogens is 221 g/mol. The van der Waals surface area contributed by atoms with Gasteiger partial charge in [0.1, 0.15) is 5.75 Å². The van der Waals surface area contributed by atoms with Gasteiger partial charge in [-0.25, -0.2) is 0 Å². The van der Waals surface area contributed by atoms with Crippen LogP contribution in [0.1, 0.15) is 24.4 Å². The lowest BCUT2D eigenvalue weighted by molar-refractivity contribution is 0.456. The van der Waals surface area contributed by atoms with Gasteiger partial charge in [0.15, 0.2) is 0 Å². The largest absolute Gasteiger partial charge is 0.506 e. The third-order valence-corrected chi connectivity index (χ3v) is 3.05. The monoisotopic (exact) mass is 231 g/mol. The van der Waals surface area contributed by atoms with Crippen molar-refractivity contribution in [2.24, 2.45) is 11.7 Å². The second-order valence-electron chi connectivity index (χ2n) is 3.69. The summed E-state index contributed by atoms with van der Waals surface area (Å²) in [6, 6.07) is 3.05. The molecule has 0 amide bonds. The Balaban J connectivity index is 2.39. The van der Waals surface area contributed by atoms with Gasteiger partial charge in [-0.05, 0) is 30.9 Å². The van der Waals surface area contributed by atoms with Crippen LogP contribution < -0.4 is 5.73 Å². The van der Waals surface area contributed by atoms with Gasteiger partial charge in [-0.15, -0.1) is 0 Å². The molecule has 0 heterocycles. The summed E-state index contributed by atoms with van der Waals surface area (Å²) in [4.78, 5) is 0. The lowest BCUT2D eigenvalue weighted by atomic mass is 10.0. The first-order valence-electron chi connectivity index (χ1n) is 4.53. The first-order chi connectivity index (χ1) is 6.59. The van der Waals surface area contributed by atoms with Gasteiger partial charge in [0, 0.05) is 16.6 Å². The van der Waals surface area contributed by atoms with Crippen LogP contribution in [-0.2, 0) is 0 Å². The van der Waals surface area contributed by atoms with Crippen LogP contribution in [-0.4, -0.2) is 5.11 Å². The third kappa shape index (κ3) is 1.83. The van der Waals surface area contributed by atoms with Crippen molar-refractivity contribution < 1.29 is 5.11 Å². The number of nitrogens with two attached hydrogens (primary N) is 1. The SMILES string of the molecule is N[C@@H](c1cc(Cl)cc(Cl)c1O)C1CC1. The fraction of sp³-hybridized carbons (Fsp3) is 0.400. The third-order valence-electron chi connectivity index (χ3n) is 2.55. The number of aromatic hydroxyl groups is 1. The van der Waals surface area contributed by atoms with Gasteiger partial charge in [0.05, 0.1) is 5.02 Å². The molecule has 0 bridgehead atoms. The Labute approximate surface area is 92.6 Å². The Bertz CT molecular complexity index is 363. The van der Waals surface area contributed by atoms with E-state index in [1.165, 1.54) is 6.07 Å². The molecule has 1 aromatic carbocycles. The smallest absolute Gasteiger partial charge is 0.139 e. The molecule has 0 radical (unpaired) electrons. The first kappa shape index (κ1) is 10.1. The van der Waals surface area contributed by atoms with E-state index in [0.717, 1.165) is 12.8 Å². The lowest BCUT2D eigenvalue weighted by Gasteiger charge is -2.13. The van der Waals surface area contributed by atoms with Crippen LogP contribution in [0.3, 0.4) is 0 Å². The fourth-order valence-corrected chi connectivity index (χ4v) is 2.06. The Morgan fingerprint density at radius 3 is 2.57 bits per heavy atom. The van der Waals surface area contributed by atoms with Crippen LogP contribution in [0.25, 0.3) is 0 Å². The standard InChI is InChI=1S/C10H11Cl2NO/c11-6-3-7(9(13)5-1-2-5)10(14)8(12)4-6/h3-5,9,14H,1-2,13H2/t9-/m1/s1. The van der Waals surface area contributed by atoms with Crippen molar-refractivity contribution in [3.8, 4) is 5.75 Å². The molecule has 0 aromatic heterocycles. The average molecular weight is 232 g/mol. The van der Waals surface area contributed by atoms with Crippen LogP contribution in [0, 0.1) is 5.92 Å². The fourth-order valence-electron chi connectivity index (χ4n) is 1.55. The van der Waals surface area contributed by atoms with Crippen LogP contribution in [0.15, 0.2) is 12.1 Å². The Kier molecular flexibility index (Phi) is 2.60. The summed E-state index contributed by atoms with van der Waals surface area (Å²) in [6.07, 6.45) is 2.23. The normalized spacial score (nSPS) is 18.2. The molecular formula is C10H11Cl2NO. The van der Waals surface area contributed by atoms with E-state index < -0.39 is 0 Å². The molecule has 0 unspecified atom stereocenters. The zero-order chi connectivity index (χ0) is 10.3. The molecule has 0 saturated heterocycles. The molecule has 1 saturated carbocycles. The van der Waals surface area contributed by atoms with E-state index in [-0.39, 0.29) is 16.8 Å². The van der Waals surface area contributed by atoms with E-state index in [1.807, 2.05) is 0 Å². The lowest BCUT2D eigenvalue weighted by Crippen LogP contribution is -2.12. The number of phenols is 1. The molecule has 1 aliphatic carbocycles. The van der Waals surface area contributed by atoms with Crippen LogP contribution in [0.2, 0.25) is 10.0 Å². The molecule has 1 aliphatic rings.